The van der Waals surface area contributed by atoms with Gasteiger partial charge in [0.1, 0.15) is 0 Å². The molecule has 0 aliphatic carbocycles. The van der Waals surface area contributed by atoms with E-state index < -0.39 is 5.97 Å². The number of hydrogen-bond donors (Lipinski definition) is 1. The first kappa shape index (κ1) is 19.1. The zero-order valence-electron chi connectivity index (χ0n) is 15.0. The molecule has 1 aromatic carbocycles. The van der Waals surface area contributed by atoms with Crippen LogP contribution in [0.15, 0.2) is 53.2 Å². The molecule has 0 atom stereocenters. The summed E-state index contributed by atoms with van der Waals surface area (Å²) >= 11 is 2.99. The molecule has 0 spiro atoms. The van der Waals surface area contributed by atoms with Gasteiger partial charge in [-0.2, -0.15) is 0 Å². The second-order valence-corrected chi connectivity index (χ2v) is 7.85. The first-order valence-corrected chi connectivity index (χ1v) is 10.1. The zero-order chi connectivity index (χ0) is 19.2. The number of hydrogen-bond acceptors (Lipinski definition) is 5. The van der Waals surface area contributed by atoms with Crippen molar-refractivity contribution in [1.29, 1.82) is 0 Å². The van der Waals surface area contributed by atoms with E-state index in [-0.39, 0.29) is 12.5 Å². The third-order valence-corrected chi connectivity index (χ3v) is 5.77. The molecule has 2 aromatic heterocycles. The highest BCUT2D eigenvalue weighted by molar-refractivity contribution is 7.12. The van der Waals surface area contributed by atoms with Gasteiger partial charge in [-0.05, 0) is 60.0 Å². The largest absolute Gasteiger partial charge is 0.452 e. The highest BCUT2D eigenvalue weighted by atomic mass is 32.1. The number of esters is 1. The van der Waals surface area contributed by atoms with Crippen molar-refractivity contribution in [2.75, 3.05) is 11.9 Å². The Bertz CT molecular complexity index is 957. The lowest BCUT2D eigenvalue weighted by molar-refractivity contribution is -0.141. The number of carbonyl (C=O) groups is 2. The van der Waals surface area contributed by atoms with Crippen molar-refractivity contribution in [3.8, 4) is 0 Å². The number of amides is 1. The minimum atomic E-state index is -0.512. The van der Waals surface area contributed by atoms with Gasteiger partial charge in [0.2, 0.25) is 0 Å². The molecular weight excluding hydrogens is 378 g/mol. The lowest BCUT2D eigenvalue weighted by atomic mass is 10.1. The monoisotopic (exact) mass is 397 g/mol. The fourth-order valence-corrected chi connectivity index (χ4v) is 3.85. The summed E-state index contributed by atoms with van der Waals surface area (Å²) in [5, 5.41) is 6.64. The first-order valence-electron chi connectivity index (χ1n) is 8.37. The number of benzene rings is 1. The van der Waals surface area contributed by atoms with Crippen LogP contribution >= 0.6 is 22.7 Å². The zero-order valence-corrected chi connectivity index (χ0v) is 16.7. The number of carbonyl (C=O) groups excluding carboxylic acids is 2. The number of thiophene rings is 2. The lowest BCUT2D eigenvalue weighted by Gasteiger charge is -2.11. The van der Waals surface area contributed by atoms with E-state index >= 15 is 0 Å². The van der Waals surface area contributed by atoms with Crippen molar-refractivity contribution in [3.63, 3.8) is 0 Å². The van der Waals surface area contributed by atoms with E-state index in [1.54, 1.807) is 6.08 Å². The van der Waals surface area contributed by atoms with Crippen LogP contribution in [0.5, 0.6) is 0 Å². The van der Waals surface area contributed by atoms with Crippen molar-refractivity contribution in [2.24, 2.45) is 0 Å². The van der Waals surface area contributed by atoms with Crippen LogP contribution in [0.25, 0.3) is 11.6 Å². The molecule has 0 aliphatic heterocycles. The molecule has 0 saturated heterocycles. The van der Waals surface area contributed by atoms with E-state index in [0.717, 1.165) is 26.6 Å². The molecule has 4 nitrogen and oxygen atoms in total. The van der Waals surface area contributed by atoms with Gasteiger partial charge in [-0.3, -0.25) is 4.79 Å². The van der Waals surface area contributed by atoms with Crippen molar-refractivity contribution >= 4 is 51.9 Å². The van der Waals surface area contributed by atoms with Gasteiger partial charge in [0.05, 0.1) is 5.57 Å². The first-order chi connectivity index (χ1) is 13.0. The third kappa shape index (κ3) is 4.93. The maximum atomic E-state index is 12.6. The SMILES string of the molecule is Cc1cccc(NC(=O)COC(=O)/C(=C/c2cccs2)c2cccs2)c1C. The van der Waals surface area contributed by atoms with Gasteiger partial charge in [0.25, 0.3) is 5.91 Å². The van der Waals surface area contributed by atoms with E-state index in [9.17, 15) is 9.59 Å². The molecular formula is C21H19NO3S2. The highest BCUT2D eigenvalue weighted by Crippen LogP contribution is 2.26. The second-order valence-electron chi connectivity index (χ2n) is 5.92. The molecule has 0 fully saturated rings. The van der Waals surface area contributed by atoms with Gasteiger partial charge in [0, 0.05) is 15.4 Å². The molecule has 1 N–H and O–H groups in total. The van der Waals surface area contributed by atoms with Gasteiger partial charge in [-0.25, -0.2) is 4.79 Å². The number of nitrogens with one attached hydrogen (secondary N) is 1. The van der Waals surface area contributed by atoms with E-state index in [0.29, 0.717) is 5.57 Å². The molecule has 0 aliphatic rings. The van der Waals surface area contributed by atoms with Crippen molar-refractivity contribution in [3.05, 3.63) is 74.1 Å². The molecule has 0 saturated carbocycles. The smallest absolute Gasteiger partial charge is 0.340 e. The van der Waals surface area contributed by atoms with Gasteiger partial charge >= 0.3 is 5.97 Å². The topological polar surface area (TPSA) is 55.4 Å². The average molecular weight is 398 g/mol. The van der Waals surface area contributed by atoms with Crippen LogP contribution < -0.4 is 5.32 Å². The number of aryl methyl sites for hydroxylation is 1. The Morgan fingerprint density at radius 2 is 1.81 bits per heavy atom. The summed E-state index contributed by atoms with van der Waals surface area (Å²) in [6.45, 7) is 3.59. The number of anilines is 1. The van der Waals surface area contributed by atoms with Gasteiger partial charge in [-0.1, -0.05) is 24.3 Å². The van der Waals surface area contributed by atoms with Crippen LogP contribution in [0.1, 0.15) is 20.9 Å². The van der Waals surface area contributed by atoms with E-state index in [2.05, 4.69) is 5.32 Å². The van der Waals surface area contributed by atoms with Gasteiger partial charge in [-0.15, -0.1) is 22.7 Å². The molecule has 138 valence electrons. The van der Waals surface area contributed by atoms with Crippen molar-refractivity contribution < 1.29 is 14.3 Å². The number of rotatable bonds is 6. The van der Waals surface area contributed by atoms with E-state index in [4.69, 9.17) is 4.74 Å². The summed E-state index contributed by atoms with van der Waals surface area (Å²) in [6.07, 6.45) is 1.79. The molecule has 2 heterocycles. The molecule has 1 amide bonds. The summed E-state index contributed by atoms with van der Waals surface area (Å²) in [6, 6.07) is 13.3. The molecule has 3 aromatic rings. The molecule has 0 unspecified atom stereocenters. The molecule has 6 heteroatoms. The van der Waals surface area contributed by atoms with E-state index in [1.165, 1.54) is 22.7 Å². The highest BCUT2D eigenvalue weighted by Gasteiger charge is 2.17. The fourth-order valence-electron chi connectivity index (χ4n) is 2.46. The predicted octanol–water partition coefficient (Wildman–Crippen LogP) is 5.15. The van der Waals surface area contributed by atoms with Crippen molar-refractivity contribution in [1.82, 2.24) is 0 Å². The van der Waals surface area contributed by atoms with Gasteiger partial charge in [0.15, 0.2) is 6.61 Å². The summed E-state index contributed by atoms with van der Waals surface area (Å²) in [7, 11) is 0. The molecule has 27 heavy (non-hydrogen) atoms. The predicted molar refractivity (Wildman–Crippen MR) is 112 cm³/mol. The quantitative estimate of drug-likeness (QED) is 0.462. The minimum absolute atomic E-state index is 0.334. The standard InChI is InChI=1S/C21H19NO3S2/c1-14-6-3-8-18(15(14)2)22-20(23)13-25-21(24)17(19-9-5-11-27-19)12-16-7-4-10-26-16/h3-12H,13H2,1-2H3,(H,22,23)/b17-12+. The lowest BCUT2D eigenvalue weighted by Crippen LogP contribution is -2.21. The Morgan fingerprint density at radius 1 is 1.04 bits per heavy atom. The Labute approximate surface area is 166 Å². The Balaban J connectivity index is 1.67. The maximum absolute atomic E-state index is 12.6. The van der Waals surface area contributed by atoms with Crippen molar-refractivity contribution in [2.45, 2.75) is 13.8 Å². The summed E-state index contributed by atoms with van der Waals surface area (Å²) in [4.78, 5) is 26.6. The second kappa shape index (κ2) is 8.79. The van der Waals surface area contributed by atoms with Crippen LogP contribution in [0.3, 0.4) is 0 Å². The van der Waals surface area contributed by atoms with Crippen LogP contribution in [-0.4, -0.2) is 18.5 Å². The molecule has 3 rings (SSSR count). The summed E-state index contributed by atoms with van der Waals surface area (Å²) < 4.78 is 5.27. The van der Waals surface area contributed by atoms with Crippen LogP contribution in [0, 0.1) is 13.8 Å². The Kier molecular flexibility index (Phi) is 6.21. The average Bonchev–Trinajstić information content (AvgIpc) is 3.35. The Hall–Kier alpha value is -2.70. The van der Waals surface area contributed by atoms with Crippen LogP contribution in [-0.2, 0) is 14.3 Å². The fraction of sp³-hybridized carbons (Fsp3) is 0.143. The summed E-state index contributed by atoms with van der Waals surface area (Å²) in [5.74, 6) is -0.874. The van der Waals surface area contributed by atoms with Gasteiger partial charge < -0.3 is 10.1 Å². The summed E-state index contributed by atoms with van der Waals surface area (Å²) in [5.41, 5.74) is 3.26. The van der Waals surface area contributed by atoms with E-state index in [1.807, 2.05) is 67.1 Å². The normalized spacial score (nSPS) is 11.3. The van der Waals surface area contributed by atoms with Crippen LogP contribution in [0.2, 0.25) is 0 Å². The minimum Gasteiger partial charge on any atom is -0.452 e. The Morgan fingerprint density at radius 3 is 2.52 bits per heavy atom. The number of ether oxygens (including phenoxy) is 1. The molecule has 0 radical (unpaired) electrons. The van der Waals surface area contributed by atoms with Crippen LogP contribution in [0.4, 0.5) is 5.69 Å². The third-order valence-electron chi connectivity index (χ3n) is 4.05. The maximum Gasteiger partial charge on any atom is 0.340 e. The molecule has 0 bridgehead atoms.